The number of ether oxygens (including phenoxy) is 1. The lowest BCUT2D eigenvalue weighted by Gasteiger charge is -2.08. The monoisotopic (exact) mass is 231 g/mol. The number of benzene rings is 1. The van der Waals surface area contributed by atoms with E-state index in [1.165, 1.54) is 13.4 Å². The second-order valence-corrected chi connectivity index (χ2v) is 3.60. The Morgan fingerprint density at radius 3 is 2.82 bits per heavy atom. The number of Topliss-reactive ketones (excluding diaryl/α,β-unsaturated/α-hetero) is 1. The second kappa shape index (κ2) is 4.74. The van der Waals surface area contributed by atoms with E-state index in [-0.39, 0.29) is 12.2 Å². The SMILES string of the molecule is COc1cccc(C(=O)Cc2ccco2)c1N. The topological polar surface area (TPSA) is 65.5 Å². The van der Waals surface area contributed by atoms with Crippen molar-refractivity contribution in [2.24, 2.45) is 0 Å². The van der Waals surface area contributed by atoms with Crippen molar-refractivity contribution in [1.82, 2.24) is 0 Å². The van der Waals surface area contributed by atoms with Gasteiger partial charge < -0.3 is 14.9 Å². The molecule has 1 aromatic heterocycles. The summed E-state index contributed by atoms with van der Waals surface area (Å²) in [5, 5.41) is 0. The smallest absolute Gasteiger partial charge is 0.172 e. The molecule has 17 heavy (non-hydrogen) atoms. The molecule has 0 unspecified atom stereocenters. The lowest BCUT2D eigenvalue weighted by Crippen LogP contribution is -2.07. The van der Waals surface area contributed by atoms with Crippen LogP contribution in [0.4, 0.5) is 5.69 Å². The minimum Gasteiger partial charge on any atom is -0.495 e. The van der Waals surface area contributed by atoms with E-state index >= 15 is 0 Å². The molecule has 2 rings (SSSR count). The van der Waals surface area contributed by atoms with Crippen molar-refractivity contribution in [3.8, 4) is 5.75 Å². The summed E-state index contributed by atoms with van der Waals surface area (Å²) in [6.45, 7) is 0. The van der Waals surface area contributed by atoms with Crippen molar-refractivity contribution in [3.05, 3.63) is 47.9 Å². The maximum Gasteiger partial charge on any atom is 0.172 e. The van der Waals surface area contributed by atoms with E-state index < -0.39 is 0 Å². The summed E-state index contributed by atoms with van der Waals surface area (Å²) in [6, 6.07) is 8.65. The quantitative estimate of drug-likeness (QED) is 0.647. The number of carbonyl (C=O) groups is 1. The molecule has 4 nitrogen and oxygen atoms in total. The fourth-order valence-electron chi connectivity index (χ4n) is 1.63. The summed E-state index contributed by atoms with van der Waals surface area (Å²) < 4.78 is 10.2. The number of carbonyl (C=O) groups excluding carboxylic acids is 1. The van der Waals surface area contributed by atoms with Gasteiger partial charge in [-0.25, -0.2) is 0 Å². The van der Waals surface area contributed by atoms with Crippen LogP contribution in [0.3, 0.4) is 0 Å². The molecule has 0 aliphatic rings. The molecule has 0 saturated heterocycles. The van der Waals surface area contributed by atoms with Crippen LogP contribution in [0.1, 0.15) is 16.1 Å². The number of hydrogen-bond donors (Lipinski definition) is 1. The molecule has 0 aliphatic heterocycles. The summed E-state index contributed by atoms with van der Waals surface area (Å²) in [5.74, 6) is 1.05. The molecule has 2 N–H and O–H groups in total. The van der Waals surface area contributed by atoms with E-state index in [4.69, 9.17) is 14.9 Å². The van der Waals surface area contributed by atoms with Crippen LogP contribution in [0.5, 0.6) is 5.75 Å². The van der Waals surface area contributed by atoms with Gasteiger partial charge in [-0.05, 0) is 24.3 Å². The molecule has 2 aromatic rings. The first-order valence-corrected chi connectivity index (χ1v) is 5.20. The predicted molar refractivity (Wildman–Crippen MR) is 64.1 cm³/mol. The number of nitrogen functional groups attached to an aromatic ring is 1. The van der Waals surface area contributed by atoms with E-state index in [0.717, 1.165) is 0 Å². The Balaban J connectivity index is 2.25. The Bertz CT molecular complexity index is 517. The average molecular weight is 231 g/mol. The number of rotatable bonds is 4. The highest BCUT2D eigenvalue weighted by atomic mass is 16.5. The molecule has 0 radical (unpaired) electrons. The summed E-state index contributed by atoms with van der Waals surface area (Å²) in [6.07, 6.45) is 1.74. The van der Waals surface area contributed by atoms with Crippen LogP contribution in [0.15, 0.2) is 41.0 Å². The van der Waals surface area contributed by atoms with E-state index in [1.54, 1.807) is 30.3 Å². The fraction of sp³-hybridized carbons (Fsp3) is 0.154. The van der Waals surface area contributed by atoms with Crippen molar-refractivity contribution >= 4 is 11.5 Å². The van der Waals surface area contributed by atoms with E-state index in [9.17, 15) is 4.79 Å². The van der Waals surface area contributed by atoms with Gasteiger partial charge in [0.2, 0.25) is 0 Å². The van der Waals surface area contributed by atoms with Crippen molar-refractivity contribution in [3.63, 3.8) is 0 Å². The average Bonchev–Trinajstić information content (AvgIpc) is 2.82. The Morgan fingerprint density at radius 1 is 1.35 bits per heavy atom. The standard InChI is InChI=1S/C13H13NO3/c1-16-12-6-2-5-10(13(12)14)11(15)8-9-4-3-7-17-9/h2-7H,8,14H2,1H3. The third-order valence-electron chi connectivity index (χ3n) is 2.50. The molecule has 0 fully saturated rings. The van der Waals surface area contributed by atoms with Gasteiger partial charge >= 0.3 is 0 Å². The number of furan rings is 1. The van der Waals surface area contributed by atoms with Crippen molar-refractivity contribution in [1.29, 1.82) is 0 Å². The molecular weight excluding hydrogens is 218 g/mol. The number of hydrogen-bond acceptors (Lipinski definition) is 4. The Hall–Kier alpha value is -2.23. The molecule has 1 heterocycles. The first kappa shape index (κ1) is 11.3. The number of methoxy groups -OCH3 is 1. The summed E-state index contributed by atoms with van der Waals surface area (Å²) in [5.41, 5.74) is 6.67. The van der Waals surface area contributed by atoms with Crippen LogP contribution in [-0.2, 0) is 6.42 Å². The molecule has 0 spiro atoms. The molecule has 1 aromatic carbocycles. The van der Waals surface area contributed by atoms with E-state index in [1.807, 2.05) is 0 Å². The molecular formula is C13H13NO3. The van der Waals surface area contributed by atoms with Gasteiger partial charge in [0.05, 0.1) is 25.5 Å². The largest absolute Gasteiger partial charge is 0.495 e. The molecule has 0 amide bonds. The minimum absolute atomic E-state index is 0.0867. The highest BCUT2D eigenvalue weighted by Crippen LogP contribution is 2.25. The van der Waals surface area contributed by atoms with Crippen molar-refractivity contribution in [2.45, 2.75) is 6.42 Å². The van der Waals surface area contributed by atoms with Crippen LogP contribution < -0.4 is 10.5 Å². The zero-order valence-electron chi connectivity index (χ0n) is 9.47. The zero-order valence-corrected chi connectivity index (χ0v) is 9.47. The Morgan fingerprint density at radius 2 is 2.18 bits per heavy atom. The maximum atomic E-state index is 12.0. The van der Waals surface area contributed by atoms with Gasteiger partial charge in [0, 0.05) is 5.56 Å². The molecule has 0 bridgehead atoms. The Kier molecular flexibility index (Phi) is 3.14. The number of ketones is 1. The van der Waals surface area contributed by atoms with Crippen LogP contribution >= 0.6 is 0 Å². The van der Waals surface area contributed by atoms with Crippen molar-refractivity contribution < 1.29 is 13.9 Å². The highest BCUT2D eigenvalue weighted by Gasteiger charge is 2.14. The molecule has 0 atom stereocenters. The van der Waals surface area contributed by atoms with Crippen LogP contribution in [0.2, 0.25) is 0 Å². The number of nitrogens with two attached hydrogens (primary N) is 1. The second-order valence-electron chi connectivity index (χ2n) is 3.60. The number of anilines is 1. The van der Waals surface area contributed by atoms with Crippen molar-refractivity contribution in [2.75, 3.05) is 12.8 Å². The molecule has 4 heteroatoms. The fourth-order valence-corrected chi connectivity index (χ4v) is 1.63. The van der Waals surface area contributed by atoms with E-state index in [2.05, 4.69) is 0 Å². The van der Waals surface area contributed by atoms with Gasteiger partial charge in [-0.2, -0.15) is 0 Å². The van der Waals surface area contributed by atoms with Gasteiger partial charge in [0.25, 0.3) is 0 Å². The normalized spacial score (nSPS) is 10.2. The lowest BCUT2D eigenvalue weighted by molar-refractivity contribution is 0.0987. The zero-order chi connectivity index (χ0) is 12.3. The van der Waals surface area contributed by atoms with Crippen LogP contribution in [0, 0.1) is 0 Å². The van der Waals surface area contributed by atoms with Crippen LogP contribution in [0.25, 0.3) is 0 Å². The highest BCUT2D eigenvalue weighted by molar-refractivity contribution is 6.02. The van der Waals surface area contributed by atoms with Gasteiger partial charge in [0.15, 0.2) is 5.78 Å². The Labute approximate surface area is 99.0 Å². The van der Waals surface area contributed by atoms with E-state index in [0.29, 0.717) is 22.8 Å². The molecule has 0 aliphatic carbocycles. The minimum atomic E-state index is -0.0867. The van der Waals surface area contributed by atoms with Crippen LogP contribution in [-0.4, -0.2) is 12.9 Å². The van der Waals surface area contributed by atoms with Gasteiger partial charge in [0.1, 0.15) is 11.5 Å². The molecule has 0 saturated carbocycles. The van der Waals surface area contributed by atoms with Gasteiger partial charge in [-0.1, -0.05) is 6.07 Å². The summed E-state index contributed by atoms with van der Waals surface area (Å²) >= 11 is 0. The molecule has 88 valence electrons. The first-order valence-electron chi connectivity index (χ1n) is 5.20. The summed E-state index contributed by atoms with van der Waals surface area (Å²) in [7, 11) is 1.52. The lowest BCUT2D eigenvalue weighted by atomic mass is 10.0. The summed E-state index contributed by atoms with van der Waals surface area (Å²) in [4.78, 5) is 12.0. The first-order chi connectivity index (χ1) is 8.22. The predicted octanol–water partition coefficient (Wildman–Crippen LogP) is 2.30. The third-order valence-corrected chi connectivity index (χ3v) is 2.50. The van der Waals surface area contributed by atoms with Gasteiger partial charge in [-0.15, -0.1) is 0 Å². The third kappa shape index (κ3) is 2.30. The maximum absolute atomic E-state index is 12.0. The number of para-hydroxylation sites is 1. The van der Waals surface area contributed by atoms with Gasteiger partial charge in [-0.3, -0.25) is 4.79 Å².